The molecule has 164 valence electrons. The van der Waals surface area contributed by atoms with Crippen LogP contribution in [0.25, 0.3) is 0 Å². The van der Waals surface area contributed by atoms with Crippen LogP contribution in [-0.2, 0) is 10.0 Å². The lowest BCUT2D eigenvalue weighted by Crippen LogP contribution is -2.49. The van der Waals surface area contributed by atoms with Gasteiger partial charge in [0, 0.05) is 25.7 Å². The number of alkyl halides is 3. The van der Waals surface area contributed by atoms with E-state index in [4.69, 9.17) is 0 Å². The van der Waals surface area contributed by atoms with Gasteiger partial charge in [0.15, 0.2) is 0 Å². The highest BCUT2D eigenvalue weighted by Crippen LogP contribution is 2.34. The lowest BCUT2D eigenvalue weighted by molar-refractivity contribution is -0.146. The fraction of sp³-hybridized carbons (Fsp3) is 0.450. The molecule has 0 spiro atoms. The van der Waals surface area contributed by atoms with E-state index in [1.165, 1.54) is 24.3 Å². The first-order valence-electron chi connectivity index (χ1n) is 9.63. The van der Waals surface area contributed by atoms with E-state index >= 15 is 0 Å². The number of aryl methyl sites for hydroxylation is 1. The summed E-state index contributed by atoms with van der Waals surface area (Å²) in [4.78, 5) is 6.54. The van der Waals surface area contributed by atoms with E-state index in [2.05, 4.69) is 26.8 Å². The molecule has 1 aliphatic heterocycles. The number of hydrogen-bond acceptors (Lipinski definition) is 5. The number of pyridine rings is 1. The molecular weight excluding hydrogens is 417 g/mol. The largest absolute Gasteiger partial charge is 0.395 e. The zero-order valence-corrected chi connectivity index (χ0v) is 17.8. The number of piperazine rings is 1. The smallest absolute Gasteiger partial charge is 0.354 e. The number of aromatic nitrogens is 1. The molecule has 0 bridgehead atoms. The fourth-order valence-electron chi connectivity index (χ4n) is 3.30. The molecule has 1 aromatic carbocycles. The van der Waals surface area contributed by atoms with Gasteiger partial charge in [0.1, 0.15) is 5.82 Å². The second-order valence-electron chi connectivity index (χ2n) is 7.54. The Balaban J connectivity index is 1.76. The van der Waals surface area contributed by atoms with Crippen molar-refractivity contribution in [2.45, 2.75) is 43.8 Å². The molecule has 1 saturated heterocycles. The third kappa shape index (κ3) is 5.04. The Labute approximate surface area is 174 Å². The molecular formula is C20H25F3N4O2S. The van der Waals surface area contributed by atoms with Crippen molar-refractivity contribution in [1.29, 1.82) is 0 Å². The molecule has 0 unspecified atom stereocenters. The van der Waals surface area contributed by atoms with Crippen LogP contribution < -0.4 is 14.9 Å². The molecule has 1 fully saturated rings. The van der Waals surface area contributed by atoms with Crippen LogP contribution in [0, 0.1) is 6.92 Å². The zero-order chi connectivity index (χ0) is 22.1. The first-order chi connectivity index (χ1) is 14.0. The molecule has 6 nitrogen and oxygen atoms in total. The first kappa shape index (κ1) is 22.4. The second kappa shape index (κ2) is 8.43. The average Bonchev–Trinajstić information content (AvgIpc) is 2.68. The van der Waals surface area contributed by atoms with E-state index < -0.39 is 22.1 Å². The summed E-state index contributed by atoms with van der Waals surface area (Å²) in [6.07, 6.45) is -4.38. The molecule has 2 atom stereocenters. The van der Waals surface area contributed by atoms with E-state index in [0.29, 0.717) is 17.4 Å². The van der Waals surface area contributed by atoms with Gasteiger partial charge in [-0.3, -0.25) is 4.72 Å². The minimum absolute atomic E-state index is 0.00824. The van der Waals surface area contributed by atoms with Crippen LogP contribution in [0.4, 0.5) is 24.7 Å². The summed E-state index contributed by atoms with van der Waals surface area (Å²) in [5, 5.41) is 3.35. The van der Waals surface area contributed by atoms with Crippen LogP contribution in [0.15, 0.2) is 41.3 Å². The summed E-state index contributed by atoms with van der Waals surface area (Å²) in [6.45, 7) is 7.30. The minimum Gasteiger partial charge on any atom is -0.354 e. The summed E-state index contributed by atoms with van der Waals surface area (Å²) in [6, 6.07) is 8.48. The second-order valence-corrected chi connectivity index (χ2v) is 9.22. The van der Waals surface area contributed by atoms with Gasteiger partial charge < -0.3 is 10.2 Å². The van der Waals surface area contributed by atoms with Gasteiger partial charge in [-0.05, 0) is 50.6 Å². The predicted octanol–water partition coefficient (Wildman–Crippen LogP) is 3.65. The Hall–Kier alpha value is -2.33. The Kier molecular flexibility index (Phi) is 6.28. The molecule has 1 aromatic heterocycles. The molecule has 0 radical (unpaired) electrons. The van der Waals surface area contributed by atoms with E-state index in [-0.39, 0.29) is 10.5 Å². The number of nitrogens with zero attached hydrogens (tertiary/aromatic N) is 2. The summed E-state index contributed by atoms with van der Waals surface area (Å²) >= 11 is 0. The number of rotatable bonds is 5. The Morgan fingerprint density at radius 2 is 1.87 bits per heavy atom. The molecule has 2 heterocycles. The van der Waals surface area contributed by atoms with Crippen molar-refractivity contribution >= 4 is 21.5 Å². The third-order valence-corrected chi connectivity index (χ3v) is 6.57. The van der Waals surface area contributed by atoms with Gasteiger partial charge in [0.25, 0.3) is 10.0 Å². The molecule has 3 rings (SSSR count). The van der Waals surface area contributed by atoms with Crippen molar-refractivity contribution < 1.29 is 21.6 Å². The van der Waals surface area contributed by atoms with Crippen LogP contribution >= 0.6 is 0 Å². The lowest BCUT2D eigenvalue weighted by Gasteiger charge is -2.33. The number of hydrogen-bond donors (Lipinski definition) is 2. The van der Waals surface area contributed by atoms with Crippen molar-refractivity contribution in [3.8, 4) is 0 Å². The Morgan fingerprint density at radius 1 is 1.20 bits per heavy atom. The minimum atomic E-state index is -4.38. The van der Waals surface area contributed by atoms with Gasteiger partial charge in [-0.25, -0.2) is 13.4 Å². The number of anilines is 2. The standard InChI is InChI=1S/C20H25F3N4O2S/c1-13-12-27(11-10-24-13)19-9-8-18(15(3)25-19)26-30(28,29)17-6-4-16(5-7-17)14(2)20(21,22)23/h4-9,13-14,24,26H,10-12H2,1-3H3/t13-,14+/m1/s1. The van der Waals surface area contributed by atoms with Crippen molar-refractivity contribution in [2.24, 2.45) is 0 Å². The van der Waals surface area contributed by atoms with Gasteiger partial charge in [-0.2, -0.15) is 13.2 Å². The summed E-state index contributed by atoms with van der Waals surface area (Å²) in [7, 11) is -3.96. The van der Waals surface area contributed by atoms with Gasteiger partial charge >= 0.3 is 6.18 Å². The number of halogens is 3. The molecule has 2 N–H and O–H groups in total. The van der Waals surface area contributed by atoms with Crippen LogP contribution in [-0.4, -0.2) is 45.3 Å². The highest BCUT2D eigenvalue weighted by atomic mass is 32.2. The van der Waals surface area contributed by atoms with E-state index in [9.17, 15) is 21.6 Å². The quantitative estimate of drug-likeness (QED) is 0.740. The average molecular weight is 443 g/mol. The SMILES string of the molecule is Cc1nc(N2CCN[C@H](C)C2)ccc1NS(=O)(=O)c1ccc([C@H](C)C(F)(F)F)cc1. The topological polar surface area (TPSA) is 74.3 Å². The van der Waals surface area contributed by atoms with Crippen molar-refractivity contribution in [3.05, 3.63) is 47.7 Å². The molecule has 2 aromatic rings. The molecule has 0 saturated carbocycles. The summed E-state index contributed by atoms with van der Waals surface area (Å²) in [5.74, 6) is -0.900. The predicted molar refractivity (Wildman–Crippen MR) is 110 cm³/mol. The first-order valence-corrected chi connectivity index (χ1v) is 11.1. The molecule has 10 heteroatoms. The van der Waals surface area contributed by atoms with Crippen LogP contribution in [0.2, 0.25) is 0 Å². The van der Waals surface area contributed by atoms with Gasteiger partial charge in [0.2, 0.25) is 0 Å². The molecule has 0 amide bonds. The van der Waals surface area contributed by atoms with Crippen LogP contribution in [0.3, 0.4) is 0 Å². The summed E-state index contributed by atoms with van der Waals surface area (Å²) in [5.41, 5.74) is 0.855. The summed E-state index contributed by atoms with van der Waals surface area (Å²) < 4.78 is 66.4. The van der Waals surface area contributed by atoms with Crippen LogP contribution in [0.5, 0.6) is 0 Å². The van der Waals surface area contributed by atoms with Crippen molar-refractivity contribution in [2.75, 3.05) is 29.3 Å². The maximum atomic E-state index is 12.8. The van der Waals surface area contributed by atoms with Crippen molar-refractivity contribution in [1.82, 2.24) is 10.3 Å². The Bertz CT molecular complexity index is 994. The van der Waals surface area contributed by atoms with Crippen molar-refractivity contribution in [3.63, 3.8) is 0 Å². The molecule has 1 aliphatic rings. The highest BCUT2D eigenvalue weighted by Gasteiger charge is 2.37. The maximum absolute atomic E-state index is 12.8. The highest BCUT2D eigenvalue weighted by molar-refractivity contribution is 7.92. The monoisotopic (exact) mass is 442 g/mol. The van der Waals surface area contributed by atoms with Gasteiger partial charge in [-0.1, -0.05) is 12.1 Å². The number of sulfonamides is 1. The van der Waals surface area contributed by atoms with Gasteiger partial charge in [0.05, 0.1) is 22.2 Å². The van der Waals surface area contributed by atoms with E-state index in [0.717, 1.165) is 32.4 Å². The molecule has 0 aliphatic carbocycles. The lowest BCUT2D eigenvalue weighted by atomic mass is 10.0. The van der Waals surface area contributed by atoms with E-state index in [1.54, 1.807) is 19.1 Å². The normalized spacial score (nSPS) is 18.9. The number of benzene rings is 1. The van der Waals surface area contributed by atoms with Crippen LogP contribution in [0.1, 0.15) is 31.0 Å². The van der Waals surface area contributed by atoms with E-state index in [1.807, 2.05) is 0 Å². The Morgan fingerprint density at radius 3 is 2.43 bits per heavy atom. The van der Waals surface area contributed by atoms with Gasteiger partial charge in [-0.15, -0.1) is 0 Å². The third-order valence-electron chi connectivity index (χ3n) is 5.19. The molecule has 30 heavy (non-hydrogen) atoms. The fourth-order valence-corrected chi connectivity index (χ4v) is 4.42. The zero-order valence-electron chi connectivity index (χ0n) is 17.0. The number of nitrogens with one attached hydrogen (secondary N) is 2. The maximum Gasteiger partial charge on any atom is 0.395 e.